The number of hydrogen-bond donors (Lipinski definition) is 0. The van der Waals surface area contributed by atoms with E-state index in [1.54, 1.807) is 6.07 Å². The second-order valence-electron chi connectivity index (χ2n) is 7.20. The molecule has 0 bridgehead atoms. The smallest absolute Gasteiger partial charge is 0.206 e. The molecule has 1 nitrogen and oxygen atoms in total. The first-order valence-corrected chi connectivity index (χ1v) is 9.31. The third-order valence-electron chi connectivity index (χ3n) is 5.45. The zero-order valence-electron chi connectivity index (χ0n) is 14.9. The molecule has 0 aliphatic heterocycles. The molecule has 1 aliphatic carbocycles. The summed E-state index contributed by atoms with van der Waals surface area (Å²) in [5.41, 5.74) is 0.418. The molecule has 0 N–H and O–H groups in total. The van der Waals surface area contributed by atoms with Crippen molar-refractivity contribution >= 4 is 0 Å². The van der Waals surface area contributed by atoms with Gasteiger partial charge in [-0.25, -0.2) is 8.78 Å². The highest BCUT2D eigenvalue weighted by Gasteiger charge is 2.23. The van der Waals surface area contributed by atoms with Gasteiger partial charge in [-0.3, -0.25) is 0 Å². The van der Waals surface area contributed by atoms with Gasteiger partial charge >= 0.3 is 0 Å². The van der Waals surface area contributed by atoms with Crippen LogP contribution in [0.3, 0.4) is 0 Å². The Balaban J connectivity index is 1.76. The van der Waals surface area contributed by atoms with Gasteiger partial charge in [0.15, 0.2) is 5.82 Å². The summed E-state index contributed by atoms with van der Waals surface area (Å²) in [6, 6.07) is 5.24. The van der Waals surface area contributed by atoms with Crippen molar-refractivity contribution in [3.05, 3.63) is 53.4 Å². The highest BCUT2D eigenvalue weighted by molar-refractivity contribution is 5.64. The molecule has 1 heterocycles. The van der Waals surface area contributed by atoms with Crippen molar-refractivity contribution in [2.45, 2.75) is 57.8 Å². The van der Waals surface area contributed by atoms with Crippen molar-refractivity contribution in [3.63, 3.8) is 0 Å². The van der Waals surface area contributed by atoms with Crippen LogP contribution in [0.2, 0.25) is 0 Å². The number of benzene rings is 1. The molecule has 1 aliphatic rings. The van der Waals surface area contributed by atoms with E-state index in [9.17, 15) is 17.6 Å². The normalized spacial score (nSPS) is 20.3. The molecule has 0 unspecified atom stereocenters. The molecule has 140 valence electrons. The lowest BCUT2D eigenvalue weighted by atomic mass is 9.77. The number of unbranched alkanes of at least 4 members (excludes halogenated alkanes) is 1. The average molecular weight is 365 g/mol. The van der Waals surface area contributed by atoms with Crippen LogP contribution in [0.1, 0.15) is 63.4 Å². The summed E-state index contributed by atoms with van der Waals surface area (Å²) >= 11 is 0. The van der Waals surface area contributed by atoms with Gasteiger partial charge in [0.05, 0.1) is 0 Å². The second kappa shape index (κ2) is 8.19. The molecule has 2 aromatic rings. The number of aromatic nitrogens is 1. The predicted molar refractivity (Wildman–Crippen MR) is 93.7 cm³/mol. The molecule has 0 saturated heterocycles. The summed E-state index contributed by atoms with van der Waals surface area (Å²) in [4.78, 5) is 2.86. The average Bonchev–Trinajstić information content (AvgIpc) is 2.64. The van der Waals surface area contributed by atoms with Crippen molar-refractivity contribution in [1.82, 2.24) is 4.98 Å². The van der Waals surface area contributed by atoms with Gasteiger partial charge in [-0.05, 0) is 55.2 Å². The van der Waals surface area contributed by atoms with E-state index in [4.69, 9.17) is 0 Å². The van der Waals surface area contributed by atoms with E-state index in [-0.39, 0.29) is 11.1 Å². The van der Waals surface area contributed by atoms with Gasteiger partial charge in [0.1, 0.15) is 5.82 Å². The SMILES string of the molecule is CCCCC1CCC(c2ccc(-c3cc(F)c(F)nc3F)c(F)c2)CC1. The molecule has 26 heavy (non-hydrogen) atoms. The first-order valence-electron chi connectivity index (χ1n) is 9.31. The number of halogens is 4. The van der Waals surface area contributed by atoms with Crippen LogP contribution in [-0.2, 0) is 0 Å². The maximum Gasteiger partial charge on any atom is 0.251 e. The Labute approximate surface area is 151 Å². The topological polar surface area (TPSA) is 12.9 Å². The van der Waals surface area contributed by atoms with E-state index < -0.39 is 23.5 Å². The Morgan fingerprint density at radius 1 is 0.885 bits per heavy atom. The van der Waals surface area contributed by atoms with Gasteiger partial charge in [0, 0.05) is 11.1 Å². The van der Waals surface area contributed by atoms with Crippen LogP contribution in [-0.4, -0.2) is 4.98 Å². The third-order valence-corrected chi connectivity index (χ3v) is 5.45. The van der Waals surface area contributed by atoms with Crippen LogP contribution < -0.4 is 0 Å². The van der Waals surface area contributed by atoms with Crippen LogP contribution in [0.5, 0.6) is 0 Å². The molecule has 3 rings (SSSR count). The number of rotatable bonds is 5. The molecule has 1 fully saturated rings. The minimum absolute atomic E-state index is 0.103. The van der Waals surface area contributed by atoms with Gasteiger partial charge in [-0.15, -0.1) is 0 Å². The Hall–Kier alpha value is -1.91. The van der Waals surface area contributed by atoms with Gasteiger partial charge in [0.25, 0.3) is 5.95 Å². The summed E-state index contributed by atoms with van der Waals surface area (Å²) in [6.45, 7) is 2.20. The zero-order chi connectivity index (χ0) is 18.7. The molecule has 0 spiro atoms. The summed E-state index contributed by atoms with van der Waals surface area (Å²) in [7, 11) is 0. The van der Waals surface area contributed by atoms with E-state index >= 15 is 0 Å². The van der Waals surface area contributed by atoms with Crippen molar-refractivity contribution in [2.75, 3.05) is 0 Å². The minimum Gasteiger partial charge on any atom is -0.206 e. The molecular weight excluding hydrogens is 342 g/mol. The molecule has 1 aromatic heterocycles. The van der Waals surface area contributed by atoms with Crippen LogP contribution in [0.4, 0.5) is 17.6 Å². The van der Waals surface area contributed by atoms with Crippen LogP contribution in [0.25, 0.3) is 11.1 Å². The van der Waals surface area contributed by atoms with E-state index in [1.165, 1.54) is 31.4 Å². The fraction of sp³-hybridized carbons (Fsp3) is 0.476. The molecule has 0 amide bonds. The third kappa shape index (κ3) is 4.08. The lowest BCUT2D eigenvalue weighted by Crippen LogP contribution is -2.13. The molecule has 1 saturated carbocycles. The van der Waals surface area contributed by atoms with E-state index in [1.807, 2.05) is 0 Å². The first kappa shape index (κ1) is 18.9. The lowest BCUT2D eigenvalue weighted by Gasteiger charge is -2.29. The van der Waals surface area contributed by atoms with Gasteiger partial charge in [-0.2, -0.15) is 13.8 Å². The van der Waals surface area contributed by atoms with Crippen LogP contribution in [0, 0.1) is 29.4 Å². The first-order chi connectivity index (χ1) is 12.5. The monoisotopic (exact) mass is 365 g/mol. The molecular formula is C21H23F4N. The standard InChI is InChI=1S/C21H23F4N/c1-2-3-4-13-5-7-14(8-6-13)15-9-10-16(18(22)11-15)17-12-19(23)21(25)26-20(17)24/h9-14H,2-8H2,1H3. The Morgan fingerprint density at radius 3 is 2.27 bits per heavy atom. The van der Waals surface area contributed by atoms with Gasteiger partial charge in [-0.1, -0.05) is 38.3 Å². The van der Waals surface area contributed by atoms with Crippen molar-refractivity contribution in [1.29, 1.82) is 0 Å². The Bertz CT molecular complexity index is 767. The highest BCUT2D eigenvalue weighted by Crippen LogP contribution is 2.39. The Morgan fingerprint density at radius 2 is 1.62 bits per heavy atom. The number of hydrogen-bond acceptors (Lipinski definition) is 1. The molecule has 5 heteroatoms. The zero-order valence-corrected chi connectivity index (χ0v) is 14.9. The van der Waals surface area contributed by atoms with Gasteiger partial charge in [0.2, 0.25) is 5.95 Å². The lowest BCUT2D eigenvalue weighted by molar-refractivity contribution is 0.304. The Kier molecular flexibility index (Phi) is 5.94. The highest BCUT2D eigenvalue weighted by atomic mass is 19.2. The molecule has 1 aromatic carbocycles. The maximum absolute atomic E-state index is 14.5. The van der Waals surface area contributed by atoms with Crippen LogP contribution in [0.15, 0.2) is 24.3 Å². The largest absolute Gasteiger partial charge is 0.251 e. The van der Waals surface area contributed by atoms with E-state index in [0.717, 1.165) is 37.2 Å². The van der Waals surface area contributed by atoms with Crippen molar-refractivity contribution < 1.29 is 17.6 Å². The summed E-state index contributed by atoms with van der Waals surface area (Å²) in [5, 5.41) is 0. The van der Waals surface area contributed by atoms with E-state index in [0.29, 0.717) is 12.0 Å². The predicted octanol–water partition coefficient (Wildman–Crippen LogP) is 6.77. The van der Waals surface area contributed by atoms with Gasteiger partial charge < -0.3 is 0 Å². The second-order valence-corrected chi connectivity index (χ2v) is 7.20. The maximum atomic E-state index is 14.5. The molecule has 0 radical (unpaired) electrons. The summed E-state index contributed by atoms with van der Waals surface area (Å²) in [5.74, 6) is -3.62. The number of nitrogens with zero attached hydrogens (tertiary/aromatic N) is 1. The fourth-order valence-electron chi connectivity index (χ4n) is 3.92. The minimum atomic E-state index is -1.52. The summed E-state index contributed by atoms with van der Waals surface area (Å²) in [6.07, 6.45) is 8.07. The fourth-order valence-corrected chi connectivity index (χ4v) is 3.92. The summed E-state index contributed by atoms with van der Waals surface area (Å²) < 4.78 is 54.7. The quantitative estimate of drug-likeness (QED) is 0.421. The van der Waals surface area contributed by atoms with Crippen molar-refractivity contribution in [2.24, 2.45) is 5.92 Å². The number of pyridine rings is 1. The van der Waals surface area contributed by atoms with E-state index in [2.05, 4.69) is 11.9 Å². The van der Waals surface area contributed by atoms with Crippen LogP contribution >= 0.6 is 0 Å². The van der Waals surface area contributed by atoms with Crippen molar-refractivity contribution in [3.8, 4) is 11.1 Å². The molecule has 0 atom stereocenters.